The van der Waals surface area contributed by atoms with Crippen LogP contribution in [-0.4, -0.2) is 36.4 Å². The number of carbonyl (C=O) groups excluding carboxylic acids is 2. The monoisotopic (exact) mass is 693 g/mol. The van der Waals surface area contributed by atoms with Crippen molar-refractivity contribution in [1.29, 1.82) is 0 Å². The van der Waals surface area contributed by atoms with E-state index < -0.39 is 6.10 Å². The van der Waals surface area contributed by atoms with E-state index in [2.05, 4.69) is 98.9 Å². The third-order valence-corrected chi connectivity index (χ3v) is 7.88. The molecule has 5 nitrogen and oxygen atoms in total. The van der Waals surface area contributed by atoms with Gasteiger partial charge in [-0.3, -0.25) is 9.59 Å². The van der Waals surface area contributed by atoms with Crippen LogP contribution in [0.15, 0.2) is 97.2 Å². The number of allylic oxidation sites excluding steroid dienone is 16. The lowest BCUT2D eigenvalue weighted by Crippen LogP contribution is -2.28. The van der Waals surface area contributed by atoms with Crippen LogP contribution >= 0.6 is 0 Å². The van der Waals surface area contributed by atoms with E-state index in [1.54, 1.807) is 0 Å². The summed E-state index contributed by atoms with van der Waals surface area (Å²) < 4.78 is 10.5. The predicted molar refractivity (Wildman–Crippen MR) is 214 cm³/mol. The largest absolute Gasteiger partial charge is 0.462 e. The molecular weight excluding hydrogens is 620 g/mol. The standard InChI is InChI=1S/C45H72O5/c1-3-5-7-9-11-13-15-17-19-21-22-24-25-27-29-31-33-35-37-39-44(47)49-42-43(41-46)50-45(48)40-38-36-34-32-30-28-26-23-20-18-16-14-12-10-8-6-4-2/h5,7,11-14,17-20,22,24,27,29,33,35,43,46H,3-4,6,8-10,15-16,21,23,25-26,28,30-32,34,36-42H2,1-2H3/b7-5+,13-11+,14-12+,19-17+,20-18+,24-22+,29-27+,35-33+/t43-/m0/s1. The summed E-state index contributed by atoms with van der Waals surface area (Å²) in [5.41, 5.74) is 0. The van der Waals surface area contributed by atoms with Crippen LogP contribution in [0.2, 0.25) is 0 Å². The summed E-state index contributed by atoms with van der Waals surface area (Å²) in [7, 11) is 0. The average molecular weight is 693 g/mol. The summed E-state index contributed by atoms with van der Waals surface area (Å²) in [5.74, 6) is -0.707. The number of hydrogen-bond donors (Lipinski definition) is 1. The zero-order chi connectivity index (χ0) is 36.4. The van der Waals surface area contributed by atoms with Crippen LogP contribution in [0.25, 0.3) is 0 Å². The first-order chi connectivity index (χ1) is 24.6. The molecule has 0 aliphatic rings. The second-order valence-electron chi connectivity index (χ2n) is 12.6. The lowest BCUT2D eigenvalue weighted by atomic mass is 10.1. The van der Waals surface area contributed by atoms with Crippen molar-refractivity contribution >= 4 is 11.9 Å². The van der Waals surface area contributed by atoms with Crippen molar-refractivity contribution in [3.63, 3.8) is 0 Å². The molecular formula is C45H72O5. The molecule has 50 heavy (non-hydrogen) atoms. The number of hydrogen-bond acceptors (Lipinski definition) is 5. The molecule has 0 radical (unpaired) electrons. The number of ether oxygens (including phenoxy) is 2. The van der Waals surface area contributed by atoms with Crippen molar-refractivity contribution < 1.29 is 24.2 Å². The molecule has 0 aromatic carbocycles. The summed E-state index contributed by atoms with van der Waals surface area (Å²) in [6.07, 6.45) is 56.2. The molecule has 282 valence electrons. The van der Waals surface area contributed by atoms with Crippen molar-refractivity contribution in [2.45, 2.75) is 161 Å². The van der Waals surface area contributed by atoms with Crippen LogP contribution in [0.1, 0.15) is 155 Å². The Morgan fingerprint density at radius 1 is 0.480 bits per heavy atom. The minimum absolute atomic E-state index is 0.115. The molecule has 0 amide bonds. The molecule has 0 bridgehead atoms. The van der Waals surface area contributed by atoms with Gasteiger partial charge in [-0.05, 0) is 83.5 Å². The van der Waals surface area contributed by atoms with E-state index >= 15 is 0 Å². The summed E-state index contributed by atoms with van der Waals surface area (Å²) in [6, 6.07) is 0. The Balaban J connectivity index is 3.73. The maximum absolute atomic E-state index is 12.2. The van der Waals surface area contributed by atoms with Gasteiger partial charge in [-0.1, -0.05) is 156 Å². The van der Waals surface area contributed by atoms with Crippen molar-refractivity contribution in [2.75, 3.05) is 13.2 Å². The van der Waals surface area contributed by atoms with Gasteiger partial charge in [-0.25, -0.2) is 0 Å². The molecule has 0 saturated heterocycles. The third kappa shape index (κ3) is 37.6. The highest BCUT2D eigenvalue weighted by Gasteiger charge is 2.15. The second kappa shape index (κ2) is 40.3. The van der Waals surface area contributed by atoms with Gasteiger partial charge in [0.2, 0.25) is 0 Å². The Labute approximate surface area is 307 Å². The summed E-state index contributed by atoms with van der Waals surface area (Å²) in [4.78, 5) is 24.2. The number of carbonyl (C=O) groups is 2. The van der Waals surface area contributed by atoms with Gasteiger partial charge in [0.15, 0.2) is 6.10 Å². The summed E-state index contributed by atoms with van der Waals surface area (Å²) in [5, 5.41) is 9.55. The van der Waals surface area contributed by atoms with E-state index in [4.69, 9.17) is 9.47 Å². The quantitative estimate of drug-likeness (QED) is 0.0413. The zero-order valence-corrected chi connectivity index (χ0v) is 31.9. The molecule has 0 aromatic heterocycles. The van der Waals surface area contributed by atoms with E-state index in [-0.39, 0.29) is 31.6 Å². The van der Waals surface area contributed by atoms with E-state index in [1.807, 2.05) is 12.2 Å². The number of aliphatic hydroxyl groups is 1. The first kappa shape index (κ1) is 46.8. The van der Waals surface area contributed by atoms with Crippen molar-refractivity contribution in [3.05, 3.63) is 97.2 Å². The molecule has 0 aliphatic carbocycles. The summed E-state index contributed by atoms with van der Waals surface area (Å²) >= 11 is 0. The van der Waals surface area contributed by atoms with Crippen LogP contribution in [0.3, 0.4) is 0 Å². The second-order valence-corrected chi connectivity index (χ2v) is 12.6. The average Bonchev–Trinajstić information content (AvgIpc) is 3.12. The molecule has 0 aliphatic heterocycles. The topological polar surface area (TPSA) is 72.8 Å². The van der Waals surface area contributed by atoms with Gasteiger partial charge in [0.1, 0.15) is 6.61 Å². The zero-order valence-electron chi connectivity index (χ0n) is 31.9. The Hall–Kier alpha value is -3.18. The Morgan fingerprint density at radius 3 is 1.38 bits per heavy atom. The Bertz CT molecular complexity index is 1010. The fourth-order valence-electron chi connectivity index (χ4n) is 4.90. The van der Waals surface area contributed by atoms with Gasteiger partial charge in [-0.2, -0.15) is 0 Å². The first-order valence-electron chi connectivity index (χ1n) is 19.8. The lowest BCUT2D eigenvalue weighted by Gasteiger charge is -2.15. The molecule has 0 heterocycles. The van der Waals surface area contributed by atoms with Crippen LogP contribution in [0, 0.1) is 0 Å². The van der Waals surface area contributed by atoms with E-state index in [9.17, 15) is 14.7 Å². The van der Waals surface area contributed by atoms with Gasteiger partial charge >= 0.3 is 11.9 Å². The SMILES string of the molecule is CC/C=C/C/C=C/C/C=C/C/C=C/C/C=C/C/C=C/CCC(=O)OC[C@H](CO)OC(=O)CCCCCCCCC/C=C/C/C=C/CCCCC. The highest BCUT2D eigenvalue weighted by atomic mass is 16.6. The van der Waals surface area contributed by atoms with E-state index in [1.165, 1.54) is 51.4 Å². The molecule has 5 heteroatoms. The first-order valence-corrected chi connectivity index (χ1v) is 19.8. The molecule has 0 unspecified atom stereocenters. The van der Waals surface area contributed by atoms with Gasteiger partial charge in [0.25, 0.3) is 0 Å². The maximum atomic E-state index is 12.2. The lowest BCUT2D eigenvalue weighted by molar-refractivity contribution is -0.161. The molecule has 1 atom stereocenters. The Kier molecular flexibility index (Phi) is 37.7. The maximum Gasteiger partial charge on any atom is 0.306 e. The van der Waals surface area contributed by atoms with Crippen molar-refractivity contribution in [3.8, 4) is 0 Å². The normalized spacial score (nSPS) is 13.3. The van der Waals surface area contributed by atoms with Gasteiger partial charge < -0.3 is 14.6 Å². The smallest absolute Gasteiger partial charge is 0.306 e. The molecule has 0 fully saturated rings. The minimum atomic E-state index is -0.812. The third-order valence-electron chi connectivity index (χ3n) is 7.88. The molecule has 1 N–H and O–H groups in total. The highest BCUT2D eigenvalue weighted by Crippen LogP contribution is 2.11. The van der Waals surface area contributed by atoms with E-state index in [0.717, 1.165) is 70.6 Å². The van der Waals surface area contributed by atoms with Gasteiger partial charge in [0, 0.05) is 12.8 Å². The number of unbranched alkanes of at least 4 members (excludes halogenated alkanes) is 10. The number of esters is 2. The fraction of sp³-hybridized carbons (Fsp3) is 0.600. The minimum Gasteiger partial charge on any atom is -0.462 e. The molecule has 0 spiro atoms. The van der Waals surface area contributed by atoms with Gasteiger partial charge in [-0.15, -0.1) is 0 Å². The molecule has 0 rings (SSSR count). The number of aliphatic hydroxyl groups excluding tert-OH is 1. The van der Waals surface area contributed by atoms with Crippen LogP contribution in [0.4, 0.5) is 0 Å². The fourth-order valence-corrected chi connectivity index (χ4v) is 4.90. The predicted octanol–water partition coefficient (Wildman–Crippen LogP) is 12.5. The summed E-state index contributed by atoms with van der Waals surface area (Å²) in [6.45, 7) is 3.91. The van der Waals surface area contributed by atoms with Crippen molar-refractivity contribution in [1.82, 2.24) is 0 Å². The van der Waals surface area contributed by atoms with Crippen molar-refractivity contribution in [2.24, 2.45) is 0 Å². The van der Waals surface area contributed by atoms with Crippen LogP contribution in [-0.2, 0) is 19.1 Å². The highest BCUT2D eigenvalue weighted by molar-refractivity contribution is 5.70. The number of rotatable bonds is 34. The molecule has 0 saturated carbocycles. The molecule has 0 aromatic rings. The van der Waals surface area contributed by atoms with Crippen LogP contribution < -0.4 is 0 Å². The van der Waals surface area contributed by atoms with Crippen LogP contribution in [0.5, 0.6) is 0 Å². The van der Waals surface area contributed by atoms with E-state index in [0.29, 0.717) is 12.8 Å². The Morgan fingerprint density at radius 2 is 0.900 bits per heavy atom. The van der Waals surface area contributed by atoms with Gasteiger partial charge in [0.05, 0.1) is 6.61 Å².